The van der Waals surface area contributed by atoms with E-state index in [0.717, 1.165) is 19.0 Å². The van der Waals surface area contributed by atoms with Crippen LogP contribution in [0.5, 0.6) is 0 Å². The highest BCUT2D eigenvalue weighted by molar-refractivity contribution is 8.01. The Morgan fingerprint density at radius 2 is 1.95 bits per heavy atom. The molecule has 1 aliphatic carbocycles. The van der Waals surface area contributed by atoms with Gasteiger partial charge in [0.1, 0.15) is 0 Å². The van der Waals surface area contributed by atoms with E-state index in [9.17, 15) is 0 Å². The first-order valence-corrected chi connectivity index (χ1v) is 10.2. The summed E-state index contributed by atoms with van der Waals surface area (Å²) in [5, 5.41) is 6.91. The molecule has 0 heterocycles. The predicted molar refractivity (Wildman–Crippen MR) is 101 cm³/mol. The maximum atomic E-state index is 4.32. The van der Waals surface area contributed by atoms with Gasteiger partial charge in [0.15, 0.2) is 5.96 Å². The standard InChI is InChI=1S/C17H27N3S2/c1-18-16(19-12-6-7-13-21-2)20-14-17(10-11-17)22-15-8-4-3-5-9-15/h3-5,8-9H,6-7,10-14H2,1-2H3,(H2,18,19,20). The van der Waals surface area contributed by atoms with Crippen molar-refractivity contribution >= 4 is 29.5 Å². The third-order valence-electron chi connectivity index (χ3n) is 3.75. The van der Waals surface area contributed by atoms with Gasteiger partial charge in [-0.3, -0.25) is 4.99 Å². The second-order valence-corrected chi connectivity index (χ2v) is 8.18. The zero-order valence-corrected chi connectivity index (χ0v) is 15.2. The summed E-state index contributed by atoms with van der Waals surface area (Å²) in [4.78, 5) is 5.69. The Kier molecular flexibility index (Phi) is 7.46. The minimum atomic E-state index is 0.359. The Labute approximate surface area is 143 Å². The van der Waals surface area contributed by atoms with Crippen LogP contribution in [0.1, 0.15) is 25.7 Å². The lowest BCUT2D eigenvalue weighted by molar-refractivity contribution is 0.722. The summed E-state index contributed by atoms with van der Waals surface area (Å²) >= 11 is 3.91. The zero-order chi connectivity index (χ0) is 15.7. The van der Waals surface area contributed by atoms with Gasteiger partial charge in [0.25, 0.3) is 0 Å². The third kappa shape index (κ3) is 6.13. The van der Waals surface area contributed by atoms with Gasteiger partial charge in [-0.25, -0.2) is 0 Å². The summed E-state index contributed by atoms with van der Waals surface area (Å²) in [6.07, 6.45) is 7.19. The summed E-state index contributed by atoms with van der Waals surface area (Å²) in [5.74, 6) is 2.17. The number of thioether (sulfide) groups is 2. The van der Waals surface area contributed by atoms with Crippen LogP contribution in [0, 0.1) is 0 Å². The molecule has 22 heavy (non-hydrogen) atoms. The van der Waals surface area contributed by atoms with Crippen LogP contribution in [0.2, 0.25) is 0 Å². The van der Waals surface area contributed by atoms with E-state index in [1.54, 1.807) is 0 Å². The molecular weight excluding hydrogens is 310 g/mol. The molecule has 0 unspecified atom stereocenters. The Morgan fingerprint density at radius 3 is 2.59 bits per heavy atom. The Bertz CT molecular complexity index is 458. The Morgan fingerprint density at radius 1 is 1.18 bits per heavy atom. The molecule has 0 spiro atoms. The minimum absolute atomic E-state index is 0.359. The van der Waals surface area contributed by atoms with Gasteiger partial charge < -0.3 is 10.6 Å². The molecule has 1 aromatic rings. The smallest absolute Gasteiger partial charge is 0.191 e. The molecule has 0 aromatic heterocycles. The summed E-state index contributed by atoms with van der Waals surface area (Å²) in [6.45, 7) is 1.98. The lowest BCUT2D eigenvalue weighted by atomic mass is 10.3. The quantitative estimate of drug-likeness (QED) is 0.410. The molecule has 0 amide bonds. The van der Waals surface area contributed by atoms with E-state index in [0.29, 0.717) is 4.75 Å². The molecule has 2 rings (SSSR count). The number of benzene rings is 1. The molecule has 0 radical (unpaired) electrons. The van der Waals surface area contributed by atoms with Crippen LogP contribution in [0.15, 0.2) is 40.2 Å². The Balaban J connectivity index is 1.69. The highest BCUT2D eigenvalue weighted by Crippen LogP contribution is 2.51. The largest absolute Gasteiger partial charge is 0.356 e. The average Bonchev–Trinajstić information content (AvgIpc) is 3.31. The van der Waals surface area contributed by atoms with E-state index in [1.807, 2.05) is 30.6 Å². The summed E-state index contributed by atoms with van der Waals surface area (Å²) in [6, 6.07) is 10.7. The van der Waals surface area contributed by atoms with Crippen LogP contribution in [0.3, 0.4) is 0 Å². The van der Waals surface area contributed by atoms with E-state index in [4.69, 9.17) is 0 Å². The lowest BCUT2D eigenvalue weighted by Gasteiger charge is -2.18. The average molecular weight is 338 g/mol. The SMILES string of the molecule is CN=C(NCCCCSC)NCC1(Sc2ccccc2)CC1. The van der Waals surface area contributed by atoms with Crippen molar-refractivity contribution in [2.45, 2.75) is 35.3 Å². The zero-order valence-electron chi connectivity index (χ0n) is 13.6. The highest BCUT2D eigenvalue weighted by atomic mass is 32.2. The van der Waals surface area contributed by atoms with Gasteiger partial charge in [0.05, 0.1) is 0 Å². The molecular formula is C17H27N3S2. The predicted octanol–water partition coefficient (Wildman–Crippen LogP) is 3.62. The van der Waals surface area contributed by atoms with Gasteiger partial charge in [-0.05, 0) is 49.8 Å². The third-order valence-corrected chi connectivity index (χ3v) is 5.94. The van der Waals surface area contributed by atoms with E-state index in [1.165, 1.54) is 36.3 Å². The van der Waals surface area contributed by atoms with Crippen molar-refractivity contribution in [3.8, 4) is 0 Å². The van der Waals surface area contributed by atoms with Gasteiger partial charge >= 0.3 is 0 Å². The maximum Gasteiger partial charge on any atom is 0.191 e. The number of aliphatic imine (C=N–C) groups is 1. The molecule has 1 aliphatic rings. The number of rotatable bonds is 9. The number of nitrogens with one attached hydrogen (secondary N) is 2. The van der Waals surface area contributed by atoms with Crippen molar-refractivity contribution in [2.75, 3.05) is 32.1 Å². The Hall–Kier alpha value is -0.810. The molecule has 0 saturated heterocycles. The van der Waals surface area contributed by atoms with Crippen LogP contribution < -0.4 is 10.6 Å². The fourth-order valence-corrected chi connectivity index (χ4v) is 3.97. The number of guanidine groups is 1. The van der Waals surface area contributed by atoms with Crippen molar-refractivity contribution in [1.29, 1.82) is 0 Å². The summed E-state index contributed by atoms with van der Waals surface area (Å²) < 4.78 is 0.359. The normalized spacial score (nSPS) is 16.4. The van der Waals surface area contributed by atoms with E-state index >= 15 is 0 Å². The van der Waals surface area contributed by atoms with E-state index < -0.39 is 0 Å². The number of nitrogens with zero attached hydrogens (tertiary/aromatic N) is 1. The van der Waals surface area contributed by atoms with Crippen LogP contribution in [0.25, 0.3) is 0 Å². The fourth-order valence-electron chi connectivity index (χ4n) is 2.24. The topological polar surface area (TPSA) is 36.4 Å². The van der Waals surface area contributed by atoms with Crippen LogP contribution >= 0.6 is 23.5 Å². The van der Waals surface area contributed by atoms with Crippen LogP contribution in [-0.2, 0) is 0 Å². The van der Waals surface area contributed by atoms with Crippen LogP contribution in [0.4, 0.5) is 0 Å². The minimum Gasteiger partial charge on any atom is -0.356 e. The van der Waals surface area contributed by atoms with Gasteiger partial charge in [0.2, 0.25) is 0 Å². The van der Waals surface area contributed by atoms with Crippen molar-refractivity contribution in [3.05, 3.63) is 30.3 Å². The highest BCUT2D eigenvalue weighted by Gasteiger charge is 2.43. The van der Waals surface area contributed by atoms with Crippen LogP contribution in [-0.4, -0.2) is 42.9 Å². The first kappa shape index (κ1) is 17.5. The van der Waals surface area contributed by atoms with Crippen molar-refractivity contribution in [3.63, 3.8) is 0 Å². The fraction of sp³-hybridized carbons (Fsp3) is 0.588. The first-order chi connectivity index (χ1) is 10.8. The van der Waals surface area contributed by atoms with Crippen molar-refractivity contribution in [2.24, 2.45) is 4.99 Å². The molecule has 0 atom stereocenters. The van der Waals surface area contributed by atoms with Gasteiger partial charge in [0, 0.05) is 29.8 Å². The molecule has 5 heteroatoms. The molecule has 122 valence electrons. The molecule has 0 aliphatic heterocycles. The monoisotopic (exact) mass is 337 g/mol. The molecule has 2 N–H and O–H groups in total. The number of unbranched alkanes of at least 4 members (excludes halogenated alkanes) is 1. The van der Waals surface area contributed by atoms with Crippen molar-refractivity contribution < 1.29 is 0 Å². The number of hydrogen-bond donors (Lipinski definition) is 2. The lowest BCUT2D eigenvalue weighted by Crippen LogP contribution is -2.41. The maximum absolute atomic E-state index is 4.32. The molecule has 3 nitrogen and oxygen atoms in total. The van der Waals surface area contributed by atoms with Gasteiger partial charge in [-0.2, -0.15) is 11.8 Å². The number of hydrogen-bond acceptors (Lipinski definition) is 3. The van der Waals surface area contributed by atoms with E-state index in [2.05, 4.69) is 52.2 Å². The molecule has 1 aromatic carbocycles. The summed E-state index contributed by atoms with van der Waals surface area (Å²) in [5.41, 5.74) is 0. The van der Waals surface area contributed by atoms with Gasteiger partial charge in [-0.15, -0.1) is 11.8 Å². The molecule has 1 fully saturated rings. The first-order valence-electron chi connectivity index (χ1n) is 7.95. The molecule has 1 saturated carbocycles. The van der Waals surface area contributed by atoms with Gasteiger partial charge in [-0.1, -0.05) is 18.2 Å². The second kappa shape index (κ2) is 9.36. The summed E-state index contributed by atoms with van der Waals surface area (Å²) in [7, 11) is 1.85. The molecule has 0 bridgehead atoms. The van der Waals surface area contributed by atoms with E-state index in [-0.39, 0.29) is 0 Å². The second-order valence-electron chi connectivity index (χ2n) is 5.65. The van der Waals surface area contributed by atoms with Crippen molar-refractivity contribution in [1.82, 2.24) is 10.6 Å².